The maximum atomic E-state index is 12.0. The Morgan fingerprint density at radius 1 is 1.39 bits per heavy atom. The number of esters is 1. The first-order chi connectivity index (χ1) is 8.72. The van der Waals surface area contributed by atoms with Crippen molar-refractivity contribution in [3.05, 3.63) is 30.3 Å². The smallest absolute Gasteiger partial charge is 0.307 e. The Kier molecular flexibility index (Phi) is 3.97. The Morgan fingerprint density at radius 3 is 2.78 bits per heavy atom. The van der Waals surface area contributed by atoms with Crippen LogP contribution in [0, 0.1) is 0 Å². The van der Waals surface area contributed by atoms with Crippen LogP contribution in [0.2, 0.25) is 0 Å². The molecule has 96 valence electrons. The average Bonchev–Trinajstić information content (AvgIpc) is 2.40. The Labute approximate surface area is 107 Å². The quantitative estimate of drug-likeness (QED) is 0.769. The SMILES string of the molecule is COC(=O)CC1CCCC(=O)N1c1ccccc1. The second-order valence-electron chi connectivity index (χ2n) is 4.43. The molecule has 1 unspecified atom stereocenters. The molecule has 1 amide bonds. The molecule has 0 saturated carbocycles. The minimum atomic E-state index is -0.268. The Balaban J connectivity index is 2.21. The van der Waals surface area contributed by atoms with E-state index in [4.69, 9.17) is 4.74 Å². The van der Waals surface area contributed by atoms with Crippen molar-refractivity contribution in [1.82, 2.24) is 0 Å². The van der Waals surface area contributed by atoms with Crippen LogP contribution in [-0.4, -0.2) is 25.0 Å². The van der Waals surface area contributed by atoms with Crippen molar-refractivity contribution >= 4 is 17.6 Å². The van der Waals surface area contributed by atoms with Crippen molar-refractivity contribution in [2.24, 2.45) is 0 Å². The van der Waals surface area contributed by atoms with E-state index < -0.39 is 0 Å². The molecule has 1 aliphatic rings. The number of nitrogens with zero attached hydrogens (tertiary/aromatic N) is 1. The van der Waals surface area contributed by atoms with Gasteiger partial charge in [-0.3, -0.25) is 9.59 Å². The molecule has 0 radical (unpaired) electrons. The first kappa shape index (κ1) is 12.6. The summed E-state index contributed by atoms with van der Waals surface area (Å²) >= 11 is 0. The fourth-order valence-electron chi connectivity index (χ4n) is 2.35. The van der Waals surface area contributed by atoms with E-state index in [1.165, 1.54) is 7.11 Å². The van der Waals surface area contributed by atoms with Gasteiger partial charge in [0.1, 0.15) is 0 Å². The van der Waals surface area contributed by atoms with Gasteiger partial charge in [-0.1, -0.05) is 18.2 Å². The Morgan fingerprint density at radius 2 is 2.11 bits per heavy atom. The number of benzene rings is 1. The van der Waals surface area contributed by atoms with Gasteiger partial charge in [-0.2, -0.15) is 0 Å². The zero-order valence-corrected chi connectivity index (χ0v) is 10.5. The highest BCUT2D eigenvalue weighted by molar-refractivity contribution is 5.95. The summed E-state index contributed by atoms with van der Waals surface area (Å²) < 4.78 is 4.70. The summed E-state index contributed by atoms with van der Waals surface area (Å²) in [5.41, 5.74) is 0.858. The summed E-state index contributed by atoms with van der Waals surface area (Å²) in [5, 5.41) is 0. The number of ether oxygens (including phenoxy) is 1. The molecule has 0 spiro atoms. The molecule has 0 aromatic heterocycles. The van der Waals surface area contributed by atoms with Crippen LogP contribution >= 0.6 is 0 Å². The summed E-state index contributed by atoms with van der Waals surface area (Å²) in [6.07, 6.45) is 2.49. The number of amides is 1. The molecule has 18 heavy (non-hydrogen) atoms. The van der Waals surface area contributed by atoms with Crippen LogP contribution in [0.3, 0.4) is 0 Å². The number of carbonyl (C=O) groups is 2. The zero-order valence-electron chi connectivity index (χ0n) is 10.5. The number of anilines is 1. The molecule has 1 atom stereocenters. The lowest BCUT2D eigenvalue weighted by Gasteiger charge is -2.35. The first-order valence-electron chi connectivity index (χ1n) is 6.16. The van der Waals surface area contributed by atoms with Gasteiger partial charge in [0.15, 0.2) is 0 Å². The number of hydrogen-bond donors (Lipinski definition) is 0. The van der Waals surface area contributed by atoms with E-state index in [0.29, 0.717) is 6.42 Å². The van der Waals surface area contributed by atoms with Crippen molar-refractivity contribution in [3.63, 3.8) is 0 Å². The van der Waals surface area contributed by atoms with Crippen molar-refractivity contribution in [2.75, 3.05) is 12.0 Å². The summed E-state index contributed by atoms with van der Waals surface area (Å²) in [6, 6.07) is 9.41. The molecular formula is C14H17NO3. The van der Waals surface area contributed by atoms with Gasteiger partial charge in [0.2, 0.25) is 5.91 Å². The van der Waals surface area contributed by atoms with Crippen LogP contribution in [0.15, 0.2) is 30.3 Å². The largest absolute Gasteiger partial charge is 0.469 e. The van der Waals surface area contributed by atoms with Crippen LogP contribution in [0.4, 0.5) is 5.69 Å². The molecule has 4 heteroatoms. The number of rotatable bonds is 3. The van der Waals surface area contributed by atoms with Gasteiger partial charge in [-0.25, -0.2) is 0 Å². The van der Waals surface area contributed by atoms with Gasteiger partial charge in [0, 0.05) is 18.2 Å². The van der Waals surface area contributed by atoms with Crippen molar-refractivity contribution in [1.29, 1.82) is 0 Å². The van der Waals surface area contributed by atoms with E-state index >= 15 is 0 Å². The highest BCUT2D eigenvalue weighted by atomic mass is 16.5. The van der Waals surface area contributed by atoms with Crippen LogP contribution in [-0.2, 0) is 14.3 Å². The lowest BCUT2D eigenvalue weighted by atomic mass is 9.98. The minimum Gasteiger partial charge on any atom is -0.469 e. The summed E-state index contributed by atoms with van der Waals surface area (Å²) in [6.45, 7) is 0. The molecule has 1 saturated heterocycles. The molecular weight excluding hydrogens is 230 g/mol. The summed E-state index contributed by atoms with van der Waals surface area (Å²) in [4.78, 5) is 25.2. The maximum Gasteiger partial charge on any atom is 0.307 e. The number of hydrogen-bond acceptors (Lipinski definition) is 3. The fourth-order valence-corrected chi connectivity index (χ4v) is 2.35. The van der Waals surface area contributed by atoms with Crippen molar-refractivity contribution in [2.45, 2.75) is 31.7 Å². The summed E-state index contributed by atoms with van der Waals surface area (Å²) in [5.74, 6) is -0.183. The number of piperidine rings is 1. The highest BCUT2D eigenvalue weighted by Crippen LogP contribution is 2.27. The minimum absolute atomic E-state index is 0.0823. The van der Waals surface area contributed by atoms with Gasteiger partial charge in [0.05, 0.1) is 13.5 Å². The molecule has 0 N–H and O–H groups in total. The molecule has 1 heterocycles. The van der Waals surface area contributed by atoms with Gasteiger partial charge in [-0.15, -0.1) is 0 Å². The molecule has 2 rings (SSSR count). The van der Waals surface area contributed by atoms with E-state index in [0.717, 1.165) is 18.5 Å². The molecule has 1 fully saturated rings. The van der Waals surface area contributed by atoms with E-state index in [1.54, 1.807) is 4.90 Å². The third-order valence-corrected chi connectivity index (χ3v) is 3.23. The Bertz CT molecular complexity index is 430. The van der Waals surface area contributed by atoms with Gasteiger partial charge >= 0.3 is 5.97 Å². The van der Waals surface area contributed by atoms with Crippen molar-refractivity contribution in [3.8, 4) is 0 Å². The van der Waals surface area contributed by atoms with Gasteiger partial charge < -0.3 is 9.64 Å². The Hall–Kier alpha value is -1.84. The predicted octanol–water partition coefficient (Wildman–Crippen LogP) is 2.14. The first-order valence-corrected chi connectivity index (χ1v) is 6.16. The summed E-state index contributed by atoms with van der Waals surface area (Å²) in [7, 11) is 1.37. The van der Waals surface area contributed by atoms with E-state index in [-0.39, 0.29) is 24.3 Å². The van der Waals surface area contributed by atoms with Crippen LogP contribution in [0.5, 0.6) is 0 Å². The molecule has 4 nitrogen and oxygen atoms in total. The second-order valence-corrected chi connectivity index (χ2v) is 4.43. The highest BCUT2D eigenvalue weighted by Gasteiger charge is 2.30. The lowest BCUT2D eigenvalue weighted by molar-refractivity contribution is -0.141. The number of para-hydroxylation sites is 1. The molecule has 1 aromatic rings. The normalized spacial score (nSPS) is 19.7. The second kappa shape index (κ2) is 5.67. The van der Waals surface area contributed by atoms with Gasteiger partial charge in [-0.05, 0) is 25.0 Å². The average molecular weight is 247 g/mol. The topological polar surface area (TPSA) is 46.6 Å². The molecule has 1 aliphatic heterocycles. The molecule has 1 aromatic carbocycles. The number of methoxy groups -OCH3 is 1. The standard InChI is InChI=1S/C14H17NO3/c1-18-14(17)10-12-8-5-9-13(16)15(12)11-6-3-2-4-7-11/h2-4,6-7,12H,5,8-10H2,1H3. The van der Waals surface area contributed by atoms with Crippen LogP contribution in [0.25, 0.3) is 0 Å². The third kappa shape index (κ3) is 2.70. The molecule has 0 bridgehead atoms. The third-order valence-electron chi connectivity index (χ3n) is 3.23. The lowest BCUT2D eigenvalue weighted by Crippen LogP contribution is -2.45. The van der Waals surface area contributed by atoms with Gasteiger partial charge in [0.25, 0.3) is 0 Å². The van der Waals surface area contributed by atoms with Crippen molar-refractivity contribution < 1.29 is 14.3 Å². The van der Waals surface area contributed by atoms with E-state index in [9.17, 15) is 9.59 Å². The monoisotopic (exact) mass is 247 g/mol. The van der Waals surface area contributed by atoms with Crippen LogP contribution in [0.1, 0.15) is 25.7 Å². The molecule has 0 aliphatic carbocycles. The zero-order chi connectivity index (χ0) is 13.0. The van der Waals surface area contributed by atoms with E-state index in [1.807, 2.05) is 30.3 Å². The predicted molar refractivity (Wildman–Crippen MR) is 68.2 cm³/mol. The number of carbonyl (C=O) groups excluding carboxylic acids is 2. The fraction of sp³-hybridized carbons (Fsp3) is 0.429. The van der Waals surface area contributed by atoms with E-state index in [2.05, 4.69) is 0 Å². The van der Waals surface area contributed by atoms with Crippen LogP contribution < -0.4 is 4.90 Å². The maximum absolute atomic E-state index is 12.0.